The Hall–Kier alpha value is -1.09. The number of nitrogens with zero attached hydrogens (tertiary/aromatic N) is 1. The monoisotopic (exact) mass is 297 g/mol. The molecule has 0 bridgehead atoms. The van der Waals surface area contributed by atoms with E-state index < -0.39 is 17.2 Å². The second-order valence-electron chi connectivity index (χ2n) is 3.31. The van der Waals surface area contributed by atoms with Crippen molar-refractivity contribution >= 4 is 22.9 Å². The molecule has 0 fully saturated rings. The van der Waals surface area contributed by atoms with Crippen molar-refractivity contribution in [3.8, 4) is 0 Å². The van der Waals surface area contributed by atoms with Crippen LogP contribution in [0.25, 0.3) is 0 Å². The third-order valence-electron chi connectivity index (χ3n) is 2.17. The number of hydrogen-bond acceptors (Lipinski definition) is 5. The minimum absolute atomic E-state index is 0.0694. The Kier molecular flexibility index (Phi) is 3.62. The van der Waals surface area contributed by atoms with Crippen LogP contribution < -0.4 is 11.3 Å². The highest BCUT2D eigenvalue weighted by molar-refractivity contribution is 7.11. The molecule has 0 radical (unpaired) electrons. The number of nitrogens with one attached hydrogen (secondary N) is 1. The summed E-state index contributed by atoms with van der Waals surface area (Å²) in [7, 11) is 0. The van der Waals surface area contributed by atoms with Gasteiger partial charge in [-0.1, -0.05) is 0 Å². The van der Waals surface area contributed by atoms with E-state index in [1.165, 1.54) is 12.3 Å². The van der Waals surface area contributed by atoms with Crippen molar-refractivity contribution in [2.45, 2.75) is 12.2 Å². The third-order valence-corrected chi connectivity index (χ3v) is 3.59. The molecule has 9 heteroatoms. The van der Waals surface area contributed by atoms with Gasteiger partial charge in [0, 0.05) is 16.6 Å². The Balaban J connectivity index is 2.35. The molecule has 18 heavy (non-hydrogen) atoms. The molecule has 0 aliphatic rings. The van der Waals surface area contributed by atoms with Crippen LogP contribution in [-0.4, -0.2) is 4.98 Å². The summed E-state index contributed by atoms with van der Waals surface area (Å²) >= 11 is 6.26. The van der Waals surface area contributed by atoms with E-state index >= 15 is 0 Å². The summed E-state index contributed by atoms with van der Waals surface area (Å²) in [5, 5.41) is -0.864. The highest BCUT2D eigenvalue weighted by Crippen LogP contribution is 2.37. The predicted molar refractivity (Wildman–Crippen MR) is 60.0 cm³/mol. The van der Waals surface area contributed by atoms with E-state index in [9.17, 15) is 13.2 Å². The zero-order valence-electron chi connectivity index (χ0n) is 8.66. The van der Waals surface area contributed by atoms with Crippen LogP contribution in [0.3, 0.4) is 0 Å². The molecule has 2 heterocycles. The Bertz CT molecular complexity index is 539. The van der Waals surface area contributed by atoms with Crippen LogP contribution in [-0.2, 0) is 6.18 Å². The van der Waals surface area contributed by atoms with Gasteiger partial charge in [0.05, 0.1) is 12.3 Å². The van der Waals surface area contributed by atoms with Crippen LogP contribution in [0.4, 0.5) is 13.2 Å². The van der Waals surface area contributed by atoms with Crippen LogP contribution in [0.2, 0.25) is 5.22 Å². The molecular weight excluding hydrogens is 291 g/mol. The van der Waals surface area contributed by atoms with Gasteiger partial charge in [0.25, 0.3) is 0 Å². The largest absolute Gasteiger partial charge is 0.453 e. The Morgan fingerprint density at radius 1 is 1.50 bits per heavy atom. The second-order valence-corrected chi connectivity index (χ2v) is 4.72. The lowest BCUT2D eigenvalue weighted by molar-refractivity contribution is -0.137. The molecular formula is C9H7ClF3N3OS. The third kappa shape index (κ3) is 2.51. The quantitative estimate of drug-likeness (QED) is 0.675. The molecule has 0 aliphatic carbocycles. The van der Waals surface area contributed by atoms with Gasteiger partial charge in [-0.25, -0.2) is 10.4 Å². The average molecular weight is 298 g/mol. The van der Waals surface area contributed by atoms with E-state index in [1.54, 1.807) is 0 Å². The number of hydrazine groups is 1. The van der Waals surface area contributed by atoms with Crippen LogP contribution in [0, 0.1) is 0 Å². The van der Waals surface area contributed by atoms with Crippen LogP contribution in [0.1, 0.15) is 21.5 Å². The summed E-state index contributed by atoms with van der Waals surface area (Å²) < 4.78 is 42.2. The van der Waals surface area contributed by atoms with Gasteiger partial charge >= 0.3 is 6.18 Å². The predicted octanol–water partition coefficient (Wildman–Crippen LogP) is 2.96. The number of nitrogens with two attached hydrogens (primary N) is 1. The number of halogens is 4. The van der Waals surface area contributed by atoms with Crippen molar-refractivity contribution in [2.75, 3.05) is 0 Å². The number of alkyl halides is 3. The number of aromatic nitrogens is 1. The fraction of sp³-hybridized carbons (Fsp3) is 0.222. The highest BCUT2D eigenvalue weighted by Gasteiger charge is 2.35. The molecule has 2 aromatic rings. The van der Waals surface area contributed by atoms with E-state index in [0.717, 1.165) is 6.20 Å². The molecule has 3 N–H and O–H groups in total. The van der Waals surface area contributed by atoms with E-state index in [-0.39, 0.29) is 5.22 Å². The highest BCUT2D eigenvalue weighted by atomic mass is 35.5. The lowest BCUT2D eigenvalue weighted by atomic mass is 10.1. The minimum atomic E-state index is -4.47. The minimum Gasteiger partial charge on any atom is -0.453 e. The van der Waals surface area contributed by atoms with Crippen molar-refractivity contribution < 1.29 is 17.6 Å². The summed E-state index contributed by atoms with van der Waals surface area (Å²) in [4.78, 5) is 3.62. The van der Waals surface area contributed by atoms with Crippen molar-refractivity contribution in [1.29, 1.82) is 0 Å². The number of rotatable bonds is 3. The van der Waals surface area contributed by atoms with Crippen molar-refractivity contribution in [2.24, 2.45) is 5.84 Å². The second kappa shape index (κ2) is 4.88. The van der Waals surface area contributed by atoms with E-state index in [4.69, 9.17) is 21.9 Å². The molecule has 0 amide bonds. The van der Waals surface area contributed by atoms with Crippen molar-refractivity contribution in [3.63, 3.8) is 0 Å². The fourth-order valence-electron chi connectivity index (χ4n) is 1.39. The maximum Gasteiger partial charge on any atom is 0.443 e. The molecule has 0 spiro atoms. The van der Waals surface area contributed by atoms with Crippen molar-refractivity contribution in [3.05, 3.63) is 39.2 Å². The first-order valence-electron chi connectivity index (χ1n) is 4.65. The van der Waals surface area contributed by atoms with Gasteiger partial charge in [0.2, 0.25) is 0 Å². The van der Waals surface area contributed by atoms with Gasteiger partial charge in [0.15, 0.2) is 10.2 Å². The summed E-state index contributed by atoms with van der Waals surface area (Å²) in [5.41, 5.74) is 2.84. The van der Waals surface area contributed by atoms with Gasteiger partial charge < -0.3 is 4.42 Å². The zero-order valence-corrected chi connectivity index (χ0v) is 10.2. The van der Waals surface area contributed by atoms with E-state index in [1.807, 2.05) is 0 Å². The molecule has 1 unspecified atom stereocenters. The molecule has 2 aromatic heterocycles. The molecule has 2 rings (SSSR count). The average Bonchev–Trinajstić information content (AvgIpc) is 2.89. The molecule has 0 aromatic carbocycles. The first-order valence-corrected chi connectivity index (χ1v) is 5.85. The zero-order chi connectivity index (χ0) is 13.3. The Morgan fingerprint density at radius 2 is 2.22 bits per heavy atom. The Labute approximate surface area is 109 Å². The lowest BCUT2D eigenvalue weighted by Crippen LogP contribution is -2.28. The SMILES string of the molecule is NNC(c1cnc(C(F)(F)F)s1)c1ccoc1Cl. The van der Waals surface area contributed by atoms with Crippen molar-refractivity contribution in [1.82, 2.24) is 10.4 Å². The van der Waals surface area contributed by atoms with Gasteiger partial charge in [0.1, 0.15) is 0 Å². The maximum absolute atomic E-state index is 12.4. The molecule has 98 valence electrons. The van der Waals surface area contributed by atoms with E-state index in [2.05, 4.69) is 10.4 Å². The topological polar surface area (TPSA) is 64.1 Å². The normalized spacial score (nSPS) is 13.8. The van der Waals surface area contributed by atoms with Gasteiger partial charge in [-0.15, -0.1) is 11.3 Å². The summed E-state index contributed by atoms with van der Waals surface area (Å²) in [5.74, 6) is 5.33. The molecule has 4 nitrogen and oxygen atoms in total. The summed E-state index contributed by atoms with van der Waals surface area (Å²) in [6, 6.07) is 0.838. The van der Waals surface area contributed by atoms with Gasteiger partial charge in [-0.3, -0.25) is 5.84 Å². The summed E-state index contributed by atoms with van der Waals surface area (Å²) in [6.45, 7) is 0. The number of furan rings is 1. The van der Waals surface area contributed by atoms with Gasteiger partial charge in [-0.2, -0.15) is 13.2 Å². The van der Waals surface area contributed by atoms with Crippen LogP contribution in [0.5, 0.6) is 0 Å². The fourth-order valence-corrected chi connectivity index (χ4v) is 2.47. The molecule has 1 atom stereocenters. The molecule has 0 saturated heterocycles. The Morgan fingerprint density at radius 3 is 2.67 bits per heavy atom. The smallest absolute Gasteiger partial charge is 0.443 e. The van der Waals surface area contributed by atoms with E-state index in [0.29, 0.717) is 21.8 Å². The summed E-state index contributed by atoms with van der Waals surface area (Å²) in [6.07, 6.45) is -2.03. The molecule has 0 aliphatic heterocycles. The first kappa shape index (κ1) is 13.3. The van der Waals surface area contributed by atoms with Crippen LogP contribution in [0.15, 0.2) is 22.9 Å². The molecule has 0 saturated carbocycles. The van der Waals surface area contributed by atoms with Gasteiger partial charge in [-0.05, 0) is 17.7 Å². The number of hydrogen-bond donors (Lipinski definition) is 2. The maximum atomic E-state index is 12.4. The standard InChI is InChI=1S/C9H7ClF3N3OS/c10-7-4(1-2-17-7)6(16-14)5-3-15-8(18-5)9(11,12)13/h1-3,6,16H,14H2. The first-order chi connectivity index (χ1) is 8.43. The van der Waals surface area contributed by atoms with Crippen LogP contribution >= 0.6 is 22.9 Å². The number of thiazole rings is 1. The lowest BCUT2D eigenvalue weighted by Gasteiger charge is -2.11.